The predicted octanol–water partition coefficient (Wildman–Crippen LogP) is 1.71. The molecule has 0 bridgehead atoms. The van der Waals surface area contributed by atoms with E-state index in [9.17, 15) is 9.36 Å². The molecule has 1 aliphatic heterocycles. The van der Waals surface area contributed by atoms with Crippen LogP contribution in [0.15, 0.2) is 23.2 Å². The maximum atomic E-state index is 10.9. The van der Waals surface area contributed by atoms with Gasteiger partial charge >= 0.3 is 13.8 Å². The van der Waals surface area contributed by atoms with Crippen LogP contribution in [0.25, 0.3) is 10.2 Å². The number of thioether (sulfide) groups is 1. The van der Waals surface area contributed by atoms with Crippen LogP contribution in [0, 0.1) is 0 Å². The van der Waals surface area contributed by atoms with Gasteiger partial charge in [0.1, 0.15) is 15.8 Å². The number of thiazole rings is 1. The first-order valence-corrected chi connectivity index (χ1v) is 9.24. The van der Waals surface area contributed by atoms with Gasteiger partial charge < -0.3 is 9.63 Å². The zero-order valence-electron chi connectivity index (χ0n) is 10.7. The van der Waals surface area contributed by atoms with Crippen molar-refractivity contribution in [3.8, 4) is 5.75 Å². The van der Waals surface area contributed by atoms with Gasteiger partial charge in [0.2, 0.25) is 0 Å². The van der Waals surface area contributed by atoms with Crippen molar-refractivity contribution in [2.24, 2.45) is 4.99 Å². The minimum atomic E-state index is -4.61. The lowest BCUT2D eigenvalue weighted by Crippen LogP contribution is -2.17. The van der Waals surface area contributed by atoms with Gasteiger partial charge in [-0.15, -0.1) is 23.1 Å². The van der Waals surface area contributed by atoms with Gasteiger partial charge in [-0.25, -0.2) is 14.3 Å². The Morgan fingerprint density at radius 1 is 1.41 bits per heavy atom. The van der Waals surface area contributed by atoms with E-state index in [0.717, 1.165) is 0 Å². The quantitative estimate of drug-likeness (QED) is 0.703. The van der Waals surface area contributed by atoms with E-state index in [1.165, 1.54) is 35.2 Å². The summed E-state index contributed by atoms with van der Waals surface area (Å²) in [4.78, 5) is 37.0. The van der Waals surface area contributed by atoms with E-state index in [4.69, 9.17) is 14.9 Å². The molecule has 3 rings (SSSR count). The van der Waals surface area contributed by atoms with E-state index in [1.807, 2.05) is 0 Å². The number of fused-ring (bicyclic) bond motifs is 1. The van der Waals surface area contributed by atoms with E-state index in [1.54, 1.807) is 6.07 Å². The molecule has 0 saturated carbocycles. The number of carboxylic acid groups (broad SMARTS) is 1. The third-order valence-corrected chi connectivity index (χ3v) is 5.36. The van der Waals surface area contributed by atoms with Crippen LogP contribution in [0.1, 0.15) is 5.01 Å². The summed E-state index contributed by atoms with van der Waals surface area (Å²) < 4.78 is 16.0. The molecule has 0 aliphatic carbocycles. The number of phosphoric ester groups is 1. The van der Waals surface area contributed by atoms with Gasteiger partial charge in [0, 0.05) is 11.8 Å². The first-order valence-electron chi connectivity index (χ1n) is 5.91. The fraction of sp³-hybridized carbons (Fsp3) is 0.182. The number of nitrogens with zero attached hydrogens (tertiary/aromatic N) is 2. The van der Waals surface area contributed by atoms with Crippen LogP contribution in [0.2, 0.25) is 0 Å². The topological polar surface area (TPSA) is 129 Å². The molecule has 8 nitrogen and oxygen atoms in total. The summed E-state index contributed by atoms with van der Waals surface area (Å²) in [5, 5.41) is 10.1. The number of carboxylic acids is 1. The molecule has 0 spiro atoms. The second-order valence-electron chi connectivity index (χ2n) is 4.33. The molecule has 1 aliphatic rings. The molecule has 1 unspecified atom stereocenters. The highest BCUT2D eigenvalue weighted by Gasteiger charge is 2.27. The second kappa shape index (κ2) is 5.64. The van der Waals surface area contributed by atoms with Gasteiger partial charge in [0.25, 0.3) is 0 Å². The molecule has 11 heteroatoms. The van der Waals surface area contributed by atoms with Crippen molar-refractivity contribution in [2.75, 3.05) is 5.75 Å². The second-order valence-corrected chi connectivity index (χ2v) is 7.53. The first-order chi connectivity index (χ1) is 10.3. The number of hydrogen-bond acceptors (Lipinski definition) is 7. The third-order valence-electron chi connectivity index (χ3n) is 2.70. The molecule has 116 valence electrons. The van der Waals surface area contributed by atoms with Gasteiger partial charge in [-0.2, -0.15) is 0 Å². The summed E-state index contributed by atoms with van der Waals surface area (Å²) in [7, 11) is -4.61. The maximum Gasteiger partial charge on any atom is 0.524 e. The lowest BCUT2D eigenvalue weighted by Gasteiger charge is -2.05. The highest BCUT2D eigenvalue weighted by Crippen LogP contribution is 2.39. The predicted molar refractivity (Wildman–Crippen MR) is 82.7 cm³/mol. The summed E-state index contributed by atoms with van der Waals surface area (Å²) in [6, 6.07) is 3.70. The third kappa shape index (κ3) is 3.31. The zero-order chi connectivity index (χ0) is 15.9. The first kappa shape index (κ1) is 15.4. The molecular weight excluding hydrogens is 351 g/mol. The van der Waals surface area contributed by atoms with Crippen LogP contribution in [-0.2, 0) is 9.36 Å². The Morgan fingerprint density at radius 3 is 2.82 bits per heavy atom. The minimum absolute atomic E-state index is 0.0421. The van der Waals surface area contributed by atoms with E-state index in [0.29, 0.717) is 26.0 Å². The summed E-state index contributed by atoms with van der Waals surface area (Å²) in [6.45, 7) is 0. The highest BCUT2D eigenvalue weighted by molar-refractivity contribution is 8.15. The average Bonchev–Trinajstić information content (AvgIpc) is 3.02. The molecule has 1 atom stereocenters. The maximum absolute atomic E-state index is 10.9. The van der Waals surface area contributed by atoms with Crippen molar-refractivity contribution < 1.29 is 28.8 Å². The largest absolute Gasteiger partial charge is 0.524 e. The molecule has 1 aromatic heterocycles. The lowest BCUT2D eigenvalue weighted by atomic mass is 10.3. The van der Waals surface area contributed by atoms with Crippen LogP contribution in [0.4, 0.5) is 0 Å². The molecule has 2 aromatic rings. The molecule has 22 heavy (non-hydrogen) atoms. The Balaban J connectivity index is 1.92. The molecule has 0 fully saturated rings. The molecule has 3 N–H and O–H groups in total. The molecule has 0 amide bonds. The summed E-state index contributed by atoms with van der Waals surface area (Å²) in [5.74, 6) is -0.561. The number of carbonyl (C=O) groups is 1. The van der Waals surface area contributed by atoms with E-state index < -0.39 is 19.8 Å². The van der Waals surface area contributed by atoms with Gasteiger partial charge in [-0.05, 0) is 12.1 Å². The van der Waals surface area contributed by atoms with E-state index >= 15 is 0 Å². The number of hydrogen-bond donors (Lipinski definition) is 3. The van der Waals surface area contributed by atoms with Crippen molar-refractivity contribution in [3.63, 3.8) is 0 Å². The van der Waals surface area contributed by atoms with Crippen molar-refractivity contribution in [2.45, 2.75) is 6.04 Å². The summed E-state index contributed by atoms with van der Waals surface area (Å²) in [5.41, 5.74) is 0.625. The molecule has 1 aromatic carbocycles. The zero-order valence-corrected chi connectivity index (χ0v) is 13.3. The van der Waals surface area contributed by atoms with Gasteiger partial charge in [-0.1, -0.05) is 0 Å². The van der Waals surface area contributed by atoms with Gasteiger partial charge in [0.15, 0.2) is 6.04 Å². The molecular formula is C11H9N2O6PS2. The number of aliphatic carboxylic acids is 1. The summed E-state index contributed by atoms with van der Waals surface area (Å²) in [6.07, 6.45) is 0. The summed E-state index contributed by atoms with van der Waals surface area (Å²) >= 11 is 2.58. The van der Waals surface area contributed by atoms with Crippen LogP contribution in [0.3, 0.4) is 0 Å². The van der Waals surface area contributed by atoms with Crippen molar-refractivity contribution in [1.82, 2.24) is 4.98 Å². The fourth-order valence-corrected chi connectivity index (χ4v) is 4.29. The Morgan fingerprint density at radius 2 is 2.18 bits per heavy atom. The average molecular weight is 360 g/mol. The van der Waals surface area contributed by atoms with Gasteiger partial charge in [-0.3, -0.25) is 14.8 Å². The Labute approximate surface area is 132 Å². The van der Waals surface area contributed by atoms with Crippen molar-refractivity contribution in [3.05, 3.63) is 23.2 Å². The van der Waals surface area contributed by atoms with Crippen LogP contribution >= 0.6 is 30.9 Å². The Bertz CT molecular complexity index is 829. The van der Waals surface area contributed by atoms with Crippen LogP contribution in [0.5, 0.6) is 5.75 Å². The number of aliphatic imine (C=N–C) groups is 1. The number of rotatable bonds is 4. The number of benzene rings is 1. The lowest BCUT2D eigenvalue weighted by molar-refractivity contribution is -0.137. The number of phosphoric acid groups is 1. The molecule has 0 saturated heterocycles. The normalized spacial score (nSPS) is 18.5. The standard InChI is InChI=1S/C11H9N2O6PS2/c14-11(15)7-4-21-9(13-7)10-12-6-2-1-5(3-8(6)22-10)19-20(16,17)18/h1-3,7H,4H2,(H,14,15)(H2,16,17,18). The van der Waals surface area contributed by atoms with Crippen LogP contribution < -0.4 is 4.52 Å². The monoisotopic (exact) mass is 360 g/mol. The fourth-order valence-electron chi connectivity index (χ4n) is 1.81. The van der Waals surface area contributed by atoms with E-state index in [-0.39, 0.29) is 5.75 Å². The van der Waals surface area contributed by atoms with E-state index in [2.05, 4.69) is 14.5 Å². The number of aromatic nitrogens is 1. The molecule has 0 radical (unpaired) electrons. The van der Waals surface area contributed by atoms with Crippen LogP contribution in [-0.4, -0.2) is 42.7 Å². The van der Waals surface area contributed by atoms with Crippen molar-refractivity contribution in [1.29, 1.82) is 0 Å². The van der Waals surface area contributed by atoms with Crippen molar-refractivity contribution >= 4 is 52.2 Å². The minimum Gasteiger partial charge on any atom is -0.480 e. The van der Waals surface area contributed by atoms with Gasteiger partial charge in [0.05, 0.1) is 10.2 Å². The SMILES string of the molecule is O=C(O)C1CSC(c2nc3ccc(OP(=O)(O)O)cc3s2)=N1. The Hall–Kier alpha value is -1.45. The molecule has 2 heterocycles. The Kier molecular flexibility index (Phi) is 3.96. The highest BCUT2D eigenvalue weighted by atomic mass is 32.2. The smallest absolute Gasteiger partial charge is 0.480 e.